The summed E-state index contributed by atoms with van der Waals surface area (Å²) in [5, 5.41) is 32.4. The average molecular weight is 405 g/mol. The molecule has 0 aliphatic carbocycles. The first-order chi connectivity index (χ1) is 14.4. The van der Waals surface area contributed by atoms with Crippen LogP contribution in [-0.4, -0.2) is 25.5 Å². The Morgan fingerprint density at radius 3 is 2.53 bits per heavy atom. The fraction of sp³-hybridized carbons (Fsp3) is 0.273. The fourth-order valence-corrected chi connectivity index (χ4v) is 4.06. The Bertz CT molecular complexity index is 1130. The van der Waals surface area contributed by atoms with Gasteiger partial charge in [-0.15, -0.1) is 0 Å². The minimum atomic E-state index is -0.410. The predicted molar refractivity (Wildman–Crippen MR) is 115 cm³/mol. The molecule has 8 nitrogen and oxygen atoms in total. The summed E-state index contributed by atoms with van der Waals surface area (Å²) in [6.07, 6.45) is 0.636. The summed E-state index contributed by atoms with van der Waals surface area (Å²) >= 11 is 0. The van der Waals surface area contributed by atoms with Crippen molar-refractivity contribution in [2.24, 2.45) is 5.10 Å². The molecule has 1 aromatic heterocycles. The number of aromatic nitrogens is 2. The summed E-state index contributed by atoms with van der Waals surface area (Å²) < 4.78 is 1.98. The number of hydrazone groups is 1. The van der Waals surface area contributed by atoms with Gasteiger partial charge >= 0.3 is 0 Å². The number of phenols is 1. The Labute approximate surface area is 174 Å². The van der Waals surface area contributed by atoms with E-state index in [-0.39, 0.29) is 17.5 Å². The molecule has 4 rings (SSSR count). The van der Waals surface area contributed by atoms with Gasteiger partial charge in [-0.3, -0.25) is 19.8 Å². The topological polar surface area (TPSA) is 96.8 Å². The van der Waals surface area contributed by atoms with Crippen molar-refractivity contribution in [1.82, 2.24) is 9.78 Å². The number of nitrogens with zero attached hydrogens (tertiary/aromatic N) is 5. The van der Waals surface area contributed by atoms with Crippen LogP contribution in [0.25, 0.3) is 0 Å². The number of hydrogen-bond acceptors (Lipinski definition) is 6. The van der Waals surface area contributed by atoms with Gasteiger partial charge in [0.05, 0.1) is 28.1 Å². The van der Waals surface area contributed by atoms with Crippen LogP contribution in [0, 0.1) is 24.0 Å². The van der Waals surface area contributed by atoms with E-state index >= 15 is 0 Å². The molecule has 1 aliphatic rings. The van der Waals surface area contributed by atoms with Crippen LogP contribution in [0.5, 0.6) is 5.75 Å². The predicted octanol–water partition coefficient (Wildman–Crippen LogP) is 4.49. The molecule has 0 fully saturated rings. The van der Waals surface area contributed by atoms with Gasteiger partial charge in [0.15, 0.2) is 0 Å². The Morgan fingerprint density at radius 1 is 1.20 bits per heavy atom. The number of hydrogen-bond donors (Lipinski definition) is 1. The molecule has 1 N–H and O–H groups in total. The number of phenolic OH excluding ortho intramolecular Hbond substituents is 1. The lowest BCUT2D eigenvalue weighted by Crippen LogP contribution is -2.20. The highest BCUT2D eigenvalue weighted by Gasteiger charge is 2.34. The van der Waals surface area contributed by atoms with Gasteiger partial charge < -0.3 is 5.11 Å². The van der Waals surface area contributed by atoms with E-state index in [1.165, 1.54) is 12.1 Å². The number of benzene rings is 2. The molecular formula is C22H23N5O3. The van der Waals surface area contributed by atoms with Crippen molar-refractivity contribution in [2.75, 3.05) is 5.01 Å². The molecule has 3 aromatic rings. The summed E-state index contributed by atoms with van der Waals surface area (Å²) in [7, 11) is 0. The SMILES string of the molecule is CCn1nc(C)c([C@@H]2CC(c3cccc(O)c3)=NN2c2ccc([N+](=O)[O-])cc2)c1C. The van der Waals surface area contributed by atoms with Gasteiger partial charge in [0.2, 0.25) is 0 Å². The Hall–Kier alpha value is -3.68. The Kier molecular flexibility index (Phi) is 4.99. The van der Waals surface area contributed by atoms with Crippen molar-refractivity contribution in [3.63, 3.8) is 0 Å². The molecule has 1 aliphatic heterocycles. The normalized spacial score (nSPS) is 16.0. The molecule has 30 heavy (non-hydrogen) atoms. The second kappa shape index (κ2) is 7.62. The summed E-state index contributed by atoms with van der Waals surface area (Å²) in [4.78, 5) is 10.6. The minimum absolute atomic E-state index is 0.0397. The molecule has 8 heteroatoms. The lowest BCUT2D eigenvalue weighted by molar-refractivity contribution is -0.384. The van der Waals surface area contributed by atoms with Gasteiger partial charge in [-0.05, 0) is 45.0 Å². The lowest BCUT2D eigenvalue weighted by atomic mass is 9.96. The van der Waals surface area contributed by atoms with Crippen molar-refractivity contribution in [3.8, 4) is 5.75 Å². The number of nitro benzene ring substituents is 1. The van der Waals surface area contributed by atoms with Crippen molar-refractivity contribution in [2.45, 2.75) is 39.8 Å². The van der Waals surface area contributed by atoms with E-state index in [0.717, 1.165) is 40.5 Å². The molecule has 1 atom stereocenters. The number of aryl methyl sites for hydroxylation is 2. The quantitative estimate of drug-likeness (QED) is 0.498. The molecule has 0 unspecified atom stereocenters. The molecule has 0 spiro atoms. The van der Waals surface area contributed by atoms with Crippen LogP contribution >= 0.6 is 0 Å². The van der Waals surface area contributed by atoms with E-state index in [2.05, 4.69) is 18.9 Å². The third kappa shape index (κ3) is 3.41. The zero-order chi connectivity index (χ0) is 21.4. The number of anilines is 1. The van der Waals surface area contributed by atoms with Crippen LogP contribution in [0.2, 0.25) is 0 Å². The van der Waals surface area contributed by atoms with Crippen LogP contribution in [0.15, 0.2) is 53.6 Å². The van der Waals surface area contributed by atoms with Gasteiger partial charge in [0.1, 0.15) is 5.75 Å². The summed E-state index contributed by atoms with van der Waals surface area (Å²) in [6, 6.07) is 13.4. The zero-order valence-electron chi connectivity index (χ0n) is 17.1. The van der Waals surface area contributed by atoms with Crippen molar-refractivity contribution in [3.05, 3.63) is 81.2 Å². The number of non-ortho nitro benzene ring substituents is 1. The standard InChI is InChI=1S/C22H23N5O3/c1-4-25-15(3)22(14(2)23-25)21-13-20(16-6-5-7-19(28)12-16)24-26(21)17-8-10-18(11-9-17)27(29)30/h5-12,21,28H,4,13H2,1-3H3/t21-/m0/s1. The number of rotatable bonds is 5. The molecule has 0 saturated heterocycles. The molecule has 154 valence electrons. The molecule has 0 bridgehead atoms. The highest BCUT2D eigenvalue weighted by Crippen LogP contribution is 2.39. The van der Waals surface area contributed by atoms with Gasteiger partial charge in [0.25, 0.3) is 5.69 Å². The van der Waals surface area contributed by atoms with Gasteiger partial charge in [0, 0.05) is 41.9 Å². The van der Waals surface area contributed by atoms with Crippen LogP contribution in [0.3, 0.4) is 0 Å². The molecule has 0 saturated carbocycles. The largest absolute Gasteiger partial charge is 0.508 e. The maximum absolute atomic E-state index is 11.0. The molecular weight excluding hydrogens is 382 g/mol. The highest BCUT2D eigenvalue weighted by molar-refractivity contribution is 6.03. The summed E-state index contributed by atoms with van der Waals surface area (Å²) in [5.74, 6) is 0.187. The van der Waals surface area contributed by atoms with E-state index < -0.39 is 4.92 Å². The van der Waals surface area contributed by atoms with Crippen LogP contribution in [0.4, 0.5) is 11.4 Å². The highest BCUT2D eigenvalue weighted by atomic mass is 16.6. The summed E-state index contributed by atoms with van der Waals surface area (Å²) in [5.41, 5.74) is 5.63. The van der Waals surface area contributed by atoms with Crippen molar-refractivity contribution < 1.29 is 10.0 Å². The summed E-state index contributed by atoms with van der Waals surface area (Å²) in [6.45, 7) is 6.88. The molecule has 0 radical (unpaired) electrons. The zero-order valence-corrected chi connectivity index (χ0v) is 17.1. The first kappa shape index (κ1) is 19.6. The third-order valence-corrected chi connectivity index (χ3v) is 5.49. The molecule has 0 amide bonds. The Morgan fingerprint density at radius 2 is 1.93 bits per heavy atom. The maximum Gasteiger partial charge on any atom is 0.269 e. The first-order valence-electron chi connectivity index (χ1n) is 9.83. The lowest BCUT2D eigenvalue weighted by Gasteiger charge is -2.24. The maximum atomic E-state index is 11.0. The second-order valence-electron chi connectivity index (χ2n) is 7.34. The van der Waals surface area contributed by atoms with Gasteiger partial charge in [-0.25, -0.2) is 0 Å². The van der Waals surface area contributed by atoms with E-state index in [4.69, 9.17) is 5.10 Å². The number of aromatic hydroxyl groups is 1. The molecule has 2 heterocycles. The van der Waals surface area contributed by atoms with Crippen molar-refractivity contribution in [1.29, 1.82) is 0 Å². The number of nitro groups is 1. The average Bonchev–Trinajstić information content (AvgIpc) is 3.28. The van der Waals surface area contributed by atoms with E-state index in [1.54, 1.807) is 30.3 Å². The second-order valence-corrected chi connectivity index (χ2v) is 7.34. The van der Waals surface area contributed by atoms with Crippen molar-refractivity contribution >= 4 is 17.1 Å². The monoisotopic (exact) mass is 405 g/mol. The smallest absolute Gasteiger partial charge is 0.269 e. The van der Waals surface area contributed by atoms with Crippen LogP contribution < -0.4 is 5.01 Å². The van der Waals surface area contributed by atoms with Crippen LogP contribution in [-0.2, 0) is 6.54 Å². The van der Waals surface area contributed by atoms with Gasteiger partial charge in [-0.2, -0.15) is 10.2 Å². The van der Waals surface area contributed by atoms with E-state index in [1.807, 2.05) is 22.7 Å². The molecule has 2 aromatic carbocycles. The Balaban J connectivity index is 1.80. The van der Waals surface area contributed by atoms with Gasteiger partial charge in [-0.1, -0.05) is 12.1 Å². The van der Waals surface area contributed by atoms with E-state index in [0.29, 0.717) is 6.42 Å². The first-order valence-corrected chi connectivity index (χ1v) is 9.83. The minimum Gasteiger partial charge on any atom is -0.508 e. The fourth-order valence-electron chi connectivity index (χ4n) is 4.06. The van der Waals surface area contributed by atoms with E-state index in [9.17, 15) is 15.2 Å². The third-order valence-electron chi connectivity index (χ3n) is 5.49. The van der Waals surface area contributed by atoms with Crippen LogP contribution in [0.1, 0.15) is 41.9 Å².